The Bertz CT molecular complexity index is 658. The summed E-state index contributed by atoms with van der Waals surface area (Å²) in [5, 5.41) is 2.92. The zero-order valence-corrected chi connectivity index (χ0v) is 12.9. The molecule has 0 unspecified atom stereocenters. The van der Waals surface area contributed by atoms with Crippen molar-refractivity contribution in [1.82, 2.24) is 5.32 Å². The Kier molecular flexibility index (Phi) is 4.03. The zero-order chi connectivity index (χ0) is 14.8. The van der Waals surface area contributed by atoms with Gasteiger partial charge in [-0.15, -0.1) is 11.3 Å². The molecule has 0 spiro atoms. The highest BCUT2D eigenvalue weighted by Gasteiger charge is 2.28. The molecule has 2 atom stereocenters. The van der Waals surface area contributed by atoms with E-state index in [0.29, 0.717) is 15.8 Å². The third kappa shape index (κ3) is 3.14. The van der Waals surface area contributed by atoms with E-state index in [1.165, 1.54) is 11.3 Å². The highest BCUT2D eigenvalue weighted by molar-refractivity contribution is 7.16. The van der Waals surface area contributed by atoms with Crippen LogP contribution in [0.2, 0.25) is 4.34 Å². The van der Waals surface area contributed by atoms with Crippen LogP contribution in [0.4, 0.5) is 0 Å². The second-order valence-corrected chi connectivity index (χ2v) is 6.48. The Hall–Kier alpha value is -1.72. The number of thiophene rings is 1. The predicted octanol–water partition coefficient (Wildman–Crippen LogP) is 3.42. The first kappa shape index (κ1) is 14.2. The minimum Gasteiger partial charge on any atom is -0.485 e. The summed E-state index contributed by atoms with van der Waals surface area (Å²) in [6.45, 7) is 2.12. The molecular formula is C15H14ClNO3S. The first-order valence-electron chi connectivity index (χ1n) is 6.57. The van der Waals surface area contributed by atoms with E-state index in [-0.39, 0.29) is 18.6 Å². The van der Waals surface area contributed by atoms with Crippen LogP contribution >= 0.6 is 22.9 Å². The van der Waals surface area contributed by atoms with Crippen LogP contribution in [0.15, 0.2) is 36.4 Å². The number of fused-ring (bicyclic) bond motifs is 1. The number of para-hydroxylation sites is 2. The van der Waals surface area contributed by atoms with Gasteiger partial charge in [0.1, 0.15) is 6.61 Å². The standard InChI is InChI=1S/C15H14ClNO3S/c1-9(13-6-7-14(16)21-13)17-15(18)12-8-19-10-4-2-3-5-11(10)20-12/h2-7,9,12H,8H2,1H3,(H,17,18)/t9-,12-/m0/s1. The molecule has 1 aliphatic heterocycles. The van der Waals surface area contributed by atoms with Crippen LogP contribution in [0.25, 0.3) is 0 Å². The molecule has 2 aromatic rings. The van der Waals surface area contributed by atoms with Gasteiger partial charge < -0.3 is 14.8 Å². The molecule has 4 nitrogen and oxygen atoms in total. The largest absolute Gasteiger partial charge is 0.485 e. The van der Waals surface area contributed by atoms with Crippen LogP contribution in [0.3, 0.4) is 0 Å². The van der Waals surface area contributed by atoms with Crippen LogP contribution in [0, 0.1) is 0 Å². The average Bonchev–Trinajstić information content (AvgIpc) is 2.93. The van der Waals surface area contributed by atoms with Gasteiger partial charge in [-0.2, -0.15) is 0 Å². The molecule has 0 radical (unpaired) electrons. The Morgan fingerprint density at radius 3 is 2.81 bits per heavy atom. The fourth-order valence-corrected chi connectivity index (χ4v) is 3.15. The molecule has 1 aromatic carbocycles. The van der Waals surface area contributed by atoms with Gasteiger partial charge in [-0.25, -0.2) is 0 Å². The average molecular weight is 324 g/mol. The first-order chi connectivity index (χ1) is 10.1. The lowest BCUT2D eigenvalue weighted by molar-refractivity contribution is -0.131. The lowest BCUT2D eigenvalue weighted by atomic mass is 10.2. The van der Waals surface area contributed by atoms with Gasteiger partial charge in [0, 0.05) is 4.88 Å². The van der Waals surface area contributed by atoms with Crippen molar-refractivity contribution in [1.29, 1.82) is 0 Å². The van der Waals surface area contributed by atoms with Gasteiger partial charge in [-0.1, -0.05) is 23.7 Å². The number of hydrogen-bond acceptors (Lipinski definition) is 4. The molecule has 1 amide bonds. The minimum atomic E-state index is -0.641. The van der Waals surface area contributed by atoms with E-state index in [1.807, 2.05) is 37.3 Å². The van der Waals surface area contributed by atoms with E-state index in [4.69, 9.17) is 21.1 Å². The molecule has 2 heterocycles. The van der Waals surface area contributed by atoms with Crippen molar-refractivity contribution in [3.05, 3.63) is 45.6 Å². The van der Waals surface area contributed by atoms with Crippen molar-refractivity contribution in [2.24, 2.45) is 0 Å². The molecule has 3 rings (SSSR count). The summed E-state index contributed by atoms with van der Waals surface area (Å²) in [4.78, 5) is 13.3. The van der Waals surface area contributed by atoms with Crippen molar-refractivity contribution in [3.63, 3.8) is 0 Å². The van der Waals surface area contributed by atoms with Crippen LogP contribution in [-0.2, 0) is 4.79 Å². The zero-order valence-electron chi connectivity index (χ0n) is 11.3. The molecule has 21 heavy (non-hydrogen) atoms. The van der Waals surface area contributed by atoms with Crippen LogP contribution in [0.1, 0.15) is 17.8 Å². The third-order valence-corrected chi connectivity index (χ3v) is 4.59. The van der Waals surface area contributed by atoms with Crippen molar-refractivity contribution in [2.45, 2.75) is 19.1 Å². The van der Waals surface area contributed by atoms with E-state index in [2.05, 4.69) is 5.32 Å². The summed E-state index contributed by atoms with van der Waals surface area (Å²) < 4.78 is 11.9. The second-order valence-electron chi connectivity index (χ2n) is 4.74. The van der Waals surface area contributed by atoms with Gasteiger partial charge in [-0.3, -0.25) is 4.79 Å². The maximum absolute atomic E-state index is 12.3. The number of ether oxygens (including phenoxy) is 2. The predicted molar refractivity (Wildman–Crippen MR) is 82.2 cm³/mol. The van der Waals surface area contributed by atoms with Gasteiger partial charge >= 0.3 is 0 Å². The smallest absolute Gasteiger partial charge is 0.265 e. The third-order valence-electron chi connectivity index (χ3n) is 3.18. The summed E-state index contributed by atoms with van der Waals surface area (Å²) in [6.07, 6.45) is -0.641. The lowest BCUT2D eigenvalue weighted by Crippen LogP contribution is -2.44. The van der Waals surface area contributed by atoms with Crippen molar-refractivity contribution in [2.75, 3.05) is 6.61 Å². The highest BCUT2D eigenvalue weighted by Crippen LogP contribution is 2.31. The fraction of sp³-hybridized carbons (Fsp3) is 0.267. The molecule has 0 saturated heterocycles. The monoisotopic (exact) mass is 323 g/mol. The SMILES string of the molecule is C[C@H](NC(=O)[C@@H]1COc2ccccc2O1)c1ccc(Cl)s1. The Labute approximate surface area is 131 Å². The summed E-state index contributed by atoms with van der Waals surface area (Å²) in [7, 11) is 0. The van der Waals surface area contributed by atoms with E-state index in [0.717, 1.165) is 4.88 Å². The molecule has 6 heteroatoms. The number of rotatable bonds is 3. The molecule has 0 fully saturated rings. The minimum absolute atomic E-state index is 0.115. The second kappa shape index (κ2) is 5.95. The Morgan fingerprint density at radius 2 is 2.10 bits per heavy atom. The summed E-state index contributed by atoms with van der Waals surface area (Å²) in [5.74, 6) is 1.07. The summed E-state index contributed by atoms with van der Waals surface area (Å²) in [6, 6.07) is 10.9. The van der Waals surface area contributed by atoms with Gasteiger partial charge in [0.15, 0.2) is 11.5 Å². The lowest BCUT2D eigenvalue weighted by Gasteiger charge is -2.26. The van der Waals surface area contributed by atoms with E-state index >= 15 is 0 Å². The number of halogens is 1. The topological polar surface area (TPSA) is 47.6 Å². The van der Waals surface area contributed by atoms with Crippen molar-refractivity contribution < 1.29 is 14.3 Å². The highest BCUT2D eigenvalue weighted by atomic mass is 35.5. The summed E-state index contributed by atoms with van der Waals surface area (Å²) in [5.41, 5.74) is 0. The maximum atomic E-state index is 12.3. The first-order valence-corrected chi connectivity index (χ1v) is 7.77. The number of benzene rings is 1. The van der Waals surface area contributed by atoms with Crippen molar-refractivity contribution in [3.8, 4) is 11.5 Å². The normalized spacial score (nSPS) is 18.1. The van der Waals surface area contributed by atoms with E-state index < -0.39 is 6.10 Å². The van der Waals surface area contributed by atoms with Crippen LogP contribution in [0.5, 0.6) is 11.5 Å². The van der Waals surface area contributed by atoms with Gasteiger partial charge in [-0.05, 0) is 31.2 Å². The molecule has 1 N–H and O–H groups in total. The van der Waals surface area contributed by atoms with Crippen LogP contribution < -0.4 is 14.8 Å². The van der Waals surface area contributed by atoms with Gasteiger partial charge in [0.2, 0.25) is 6.10 Å². The number of nitrogens with one attached hydrogen (secondary N) is 1. The molecule has 110 valence electrons. The molecule has 0 saturated carbocycles. The van der Waals surface area contributed by atoms with Crippen molar-refractivity contribution >= 4 is 28.8 Å². The number of hydrogen-bond donors (Lipinski definition) is 1. The Morgan fingerprint density at radius 1 is 1.33 bits per heavy atom. The Balaban J connectivity index is 1.64. The molecular weight excluding hydrogens is 310 g/mol. The number of carbonyl (C=O) groups is 1. The maximum Gasteiger partial charge on any atom is 0.265 e. The number of carbonyl (C=O) groups excluding carboxylic acids is 1. The van der Waals surface area contributed by atoms with Gasteiger partial charge in [0.25, 0.3) is 5.91 Å². The van der Waals surface area contributed by atoms with Gasteiger partial charge in [0.05, 0.1) is 10.4 Å². The fourth-order valence-electron chi connectivity index (χ4n) is 2.09. The van der Waals surface area contributed by atoms with E-state index in [1.54, 1.807) is 6.07 Å². The number of amides is 1. The van der Waals surface area contributed by atoms with Crippen LogP contribution in [-0.4, -0.2) is 18.6 Å². The molecule has 1 aliphatic rings. The molecule has 0 bridgehead atoms. The summed E-state index contributed by atoms with van der Waals surface area (Å²) >= 11 is 7.36. The molecule has 0 aliphatic carbocycles. The quantitative estimate of drug-likeness (QED) is 0.941. The van der Waals surface area contributed by atoms with E-state index in [9.17, 15) is 4.79 Å². The molecule has 1 aromatic heterocycles.